The van der Waals surface area contributed by atoms with E-state index in [0.29, 0.717) is 12.0 Å². The van der Waals surface area contributed by atoms with Gasteiger partial charge in [0.05, 0.1) is 12.7 Å². The third-order valence-corrected chi connectivity index (χ3v) is 2.46. The van der Waals surface area contributed by atoms with Gasteiger partial charge in [-0.15, -0.1) is 0 Å². The molecule has 1 unspecified atom stereocenters. The maximum absolute atomic E-state index is 11.5. The first-order valence-electron chi connectivity index (χ1n) is 5.62. The van der Waals surface area contributed by atoms with Gasteiger partial charge < -0.3 is 9.84 Å². The fourth-order valence-corrected chi connectivity index (χ4v) is 1.37. The van der Waals surface area contributed by atoms with Gasteiger partial charge in [-0.3, -0.25) is 14.3 Å². The molecular weight excluding hydrogens is 254 g/mol. The number of ether oxygens (including phenoxy) is 1. The molecule has 0 saturated carbocycles. The summed E-state index contributed by atoms with van der Waals surface area (Å²) in [4.78, 5) is 27.3. The molecule has 0 spiro atoms. The quantitative estimate of drug-likeness (QED) is 0.405. The second-order valence-electron chi connectivity index (χ2n) is 3.88. The Hall–Kier alpha value is -2.09. The summed E-state index contributed by atoms with van der Waals surface area (Å²) in [5.74, 6) is 0. The molecule has 0 amide bonds. The van der Waals surface area contributed by atoms with E-state index in [1.807, 2.05) is 0 Å². The van der Waals surface area contributed by atoms with E-state index in [2.05, 4.69) is 15.0 Å². The van der Waals surface area contributed by atoms with Crippen molar-refractivity contribution in [2.45, 2.75) is 26.2 Å². The predicted octanol–water partition coefficient (Wildman–Crippen LogP) is -0.120. The summed E-state index contributed by atoms with van der Waals surface area (Å²) in [6, 6.07) is 0. The highest BCUT2D eigenvalue weighted by molar-refractivity contribution is 5.00. The monoisotopic (exact) mass is 269 g/mol. The van der Waals surface area contributed by atoms with Crippen molar-refractivity contribution >= 4 is 0 Å². The zero-order valence-electron chi connectivity index (χ0n) is 10.4. The van der Waals surface area contributed by atoms with Crippen LogP contribution in [0, 0.1) is 6.92 Å². The maximum atomic E-state index is 11.5. The number of aryl methyl sites for hydroxylation is 1. The Bertz CT molecular complexity index is 572. The van der Waals surface area contributed by atoms with Gasteiger partial charge in [-0.05, 0) is 18.9 Å². The van der Waals surface area contributed by atoms with E-state index in [4.69, 9.17) is 15.4 Å². The van der Waals surface area contributed by atoms with Crippen LogP contribution in [0.5, 0.6) is 0 Å². The lowest BCUT2D eigenvalue weighted by atomic mass is 10.3. The summed E-state index contributed by atoms with van der Waals surface area (Å²) in [7, 11) is 0. The molecule has 1 atom stereocenters. The molecule has 0 fully saturated rings. The van der Waals surface area contributed by atoms with E-state index in [0.717, 1.165) is 0 Å². The van der Waals surface area contributed by atoms with Crippen LogP contribution in [-0.4, -0.2) is 33.9 Å². The molecule has 0 aromatic carbocycles. The zero-order chi connectivity index (χ0) is 14.3. The Kier molecular flexibility index (Phi) is 5.80. The summed E-state index contributed by atoms with van der Waals surface area (Å²) in [6.07, 6.45) is 1.19. The van der Waals surface area contributed by atoms with Gasteiger partial charge in [0.2, 0.25) is 0 Å². The first-order valence-corrected chi connectivity index (χ1v) is 5.62. The van der Waals surface area contributed by atoms with Gasteiger partial charge in [0, 0.05) is 23.2 Å². The molecule has 1 aromatic heterocycles. The number of rotatable bonds is 7. The van der Waals surface area contributed by atoms with Crippen LogP contribution in [0.25, 0.3) is 10.4 Å². The number of azide groups is 1. The molecule has 0 aliphatic rings. The number of aliphatic hydroxyl groups excluding tert-OH is 1. The predicted molar refractivity (Wildman–Crippen MR) is 66.6 cm³/mol. The molecule has 0 aliphatic heterocycles. The van der Waals surface area contributed by atoms with Gasteiger partial charge in [0.1, 0.15) is 6.73 Å². The van der Waals surface area contributed by atoms with E-state index in [1.54, 1.807) is 6.92 Å². The molecule has 104 valence electrons. The summed E-state index contributed by atoms with van der Waals surface area (Å²) in [5.41, 5.74) is 7.49. The van der Waals surface area contributed by atoms with Crippen molar-refractivity contribution in [1.82, 2.24) is 9.55 Å². The Labute approximate surface area is 108 Å². The highest BCUT2D eigenvalue weighted by Gasteiger charge is 2.08. The highest BCUT2D eigenvalue weighted by atomic mass is 16.5. The fraction of sp³-hybridized carbons (Fsp3) is 0.600. The van der Waals surface area contributed by atoms with Crippen molar-refractivity contribution < 1.29 is 9.84 Å². The summed E-state index contributed by atoms with van der Waals surface area (Å²) in [6.45, 7) is 1.41. The first kappa shape index (κ1) is 15.0. The van der Waals surface area contributed by atoms with E-state index < -0.39 is 17.4 Å². The minimum absolute atomic E-state index is 0.0993. The molecule has 1 heterocycles. The van der Waals surface area contributed by atoms with Crippen LogP contribution in [0.1, 0.15) is 12.0 Å². The lowest BCUT2D eigenvalue weighted by Crippen LogP contribution is -2.33. The highest BCUT2D eigenvalue weighted by Crippen LogP contribution is 2.00. The molecule has 0 bridgehead atoms. The van der Waals surface area contributed by atoms with E-state index in [1.165, 1.54) is 10.8 Å². The van der Waals surface area contributed by atoms with Crippen LogP contribution < -0.4 is 11.2 Å². The van der Waals surface area contributed by atoms with Crippen LogP contribution in [0.3, 0.4) is 0 Å². The van der Waals surface area contributed by atoms with Gasteiger partial charge >= 0.3 is 5.69 Å². The van der Waals surface area contributed by atoms with E-state index in [-0.39, 0.29) is 19.9 Å². The Morgan fingerprint density at radius 3 is 3.00 bits per heavy atom. The zero-order valence-corrected chi connectivity index (χ0v) is 10.4. The van der Waals surface area contributed by atoms with Gasteiger partial charge in [-0.1, -0.05) is 5.11 Å². The fourth-order valence-electron chi connectivity index (χ4n) is 1.37. The molecule has 0 saturated heterocycles. The van der Waals surface area contributed by atoms with Crippen molar-refractivity contribution in [3.05, 3.63) is 43.0 Å². The van der Waals surface area contributed by atoms with Crippen molar-refractivity contribution in [1.29, 1.82) is 0 Å². The third-order valence-electron chi connectivity index (χ3n) is 2.46. The molecule has 19 heavy (non-hydrogen) atoms. The number of hydrogen-bond acceptors (Lipinski definition) is 5. The third kappa shape index (κ3) is 4.59. The van der Waals surface area contributed by atoms with Gasteiger partial charge in [0.25, 0.3) is 5.56 Å². The maximum Gasteiger partial charge on any atom is 0.330 e. The molecule has 2 N–H and O–H groups in total. The van der Waals surface area contributed by atoms with Gasteiger partial charge in [-0.2, -0.15) is 0 Å². The smallest absolute Gasteiger partial charge is 0.330 e. The molecule has 0 radical (unpaired) electrons. The molecule has 1 rings (SSSR count). The number of aromatic amines is 1. The molecule has 1 aromatic rings. The Morgan fingerprint density at radius 2 is 2.37 bits per heavy atom. The molecule has 9 nitrogen and oxygen atoms in total. The van der Waals surface area contributed by atoms with Crippen molar-refractivity contribution in [3.63, 3.8) is 0 Å². The Balaban J connectivity index is 2.64. The van der Waals surface area contributed by atoms with Crippen molar-refractivity contribution in [3.8, 4) is 0 Å². The lowest BCUT2D eigenvalue weighted by Gasteiger charge is -2.15. The number of nitrogens with zero attached hydrogens (tertiary/aromatic N) is 4. The van der Waals surface area contributed by atoms with Crippen LogP contribution in [-0.2, 0) is 11.5 Å². The van der Waals surface area contributed by atoms with E-state index in [9.17, 15) is 9.59 Å². The number of aliphatic hydroxyl groups is 1. The van der Waals surface area contributed by atoms with Crippen LogP contribution in [0.4, 0.5) is 0 Å². The lowest BCUT2D eigenvalue weighted by molar-refractivity contribution is -0.0280. The number of hydrogen-bond donors (Lipinski definition) is 2. The average molecular weight is 269 g/mol. The Morgan fingerprint density at radius 1 is 1.63 bits per heavy atom. The van der Waals surface area contributed by atoms with Gasteiger partial charge in [-0.25, -0.2) is 4.79 Å². The minimum atomic E-state index is -0.581. The van der Waals surface area contributed by atoms with E-state index >= 15 is 0 Å². The number of aromatic nitrogens is 2. The van der Waals surface area contributed by atoms with Crippen molar-refractivity contribution in [2.75, 3.05) is 13.2 Å². The topological polar surface area (TPSA) is 133 Å². The van der Waals surface area contributed by atoms with Crippen molar-refractivity contribution in [2.24, 2.45) is 5.11 Å². The first-order chi connectivity index (χ1) is 9.08. The van der Waals surface area contributed by atoms with Crippen LogP contribution >= 0.6 is 0 Å². The van der Waals surface area contributed by atoms with Gasteiger partial charge in [0.15, 0.2) is 0 Å². The summed E-state index contributed by atoms with van der Waals surface area (Å²) >= 11 is 0. The average Bonchev–Trinajstić information content (AvgIpc) is 2.39. The summed E-state index contributed by atoms with van der Waals surface area (Å²) in [5, 5.41) is 12.4. The molecular formula is C10H15N5O4. The number of H-pyrrole nitrogens is 1. The summed E-state index contributed by atoms with van der Waals surface area (Å²) < 4.78 is 6.49. The molecule has 9 heteroatoms. The SMILES string of the molecule is Cc1cn(COC(CO)CCN=[N+]=[N-])c(=O)[nH]c1=O. The normalized spacial score (nSPS) is 11.9. The number of nitrogens with one attached hydrogen (secondary N) is 1. The minimum Gasteiger partial charge on any atom is -0.394 e. The van der Waals surface area contributed by atoms with Crippen LogP contribution in [0.2, 0.25) is 0 Å². The molecule has 0 aliphatic carbocycles. The van der Waals surface area contributed by atoms with Crippen LogP contribution in [0.15, 0.2) is 20.9 Å². The second kappa shape index (κ2) is 7.37. The second-order valence-corrected chi connectivity index (χ2v) is 3.88. The standard InChI is InChI=1S/C10H15N5O4/c1-7-4-15(10(18)13-9(7)17)6-19-8(5-16)2-3-12-14-11/h4,8,16H,2-3,5-6H2,1H3,(H,13,17,18). The largest absolute Gasteiger partial charge is 0.394 e.